The summed E-state index contributed by atoms with van der Waals surface area (Å²) in [5.74, 6) is -2.72. The van der Waals surface area contributed by atoms with Gasteiger partial charge in [0.2, 0.25) is 5.91 Å². The maximum atomic E-state index is 13.9. The molecule has 0 bridgehead atoms. The molecule has 4 aliphatic rings. The number of aliphatic hydroxyl groups excluding tert-OH is 1. The second kappa shape index (κ2) is 13.8. The molecule has 1 spiro atoms. The number of Topliss-reactive ketones (excluding diaryl/α,β-unsaturated/α-hetero) is 1. The molecule has 4 fully saturated rings. The Kier molecular flexibility index (Phi) is 10.9. The largest absolute Gasteiger partial charge is 0.453 e. The zero-order chi connectivity index (χ0) is 31.7. The normalized spacial score (nSPS) is 39.4. The Bertz CT molecular complexity index is 1000. The minimum absolute atomic E-state index is 0.0172. The number of ketones is 1. The highest BCUT2D eigenvalue weighted by Gasteiger charge is 2.52. The van der Waals surface area contributed by atoms with Crippen molar-refractivity contribution in [2.24, 2.45) is 17.8 Å². The van der Waals surface area contributed by atoms with Gasteiger partial charge in [0, 0.05) is 31.7 Å². The Morgan fingerprint density at radius 2 is 1.86 bits per heavy atom. The predicted molar refractivity (Wildman–Crippen MR) is 159 cm³/mol. The van der Waals surface area contributed by atoms with Crippen molar-refractivity contribution in [1.29, 1.82) is 0 Å². The van der Waals surface area contributed by atoms with Crippen LogP contribution in [0.25, 0.3) is 0 Å². The van der Waals surface area contributed by atoms with Crippen LogP contribution in [-0.4, -0.2) is 134 Å². The number of esters is 1. The zero-order valence-electron chi connectivity index (χ0n) is 27.3. The Balaban J connectivity index is 1.54. The minimum atomic E-state index is -1.07. The lowest BCUT2D eigenvalue weighted by atomic mass is 9.78. The predicted octanol–water partition coefficient (Wildman–Crippen LogP) is 0.550. The first-order chi connectivity index (χ1) is 20.2. The van der Waals surface area contributed by atoms with Gasteiger partial charge in [-0.2, -0.15) is 0 Å². The number of rotatable bonds is 7. The molecule has 0 aromatic heterocycles. The van der Waals surface area contributed by atoms with Gasteiger partial charge in [0.25, 0.3) is 0 Å². The summed E-state index contributed by atoms with van der Waals surface area (Å²) in [4.78, 5) is 43.7. The third kappa shape index (κ3) is 7.95. The number of ether oxygens (including phenoxy) is 4. The van der Waals surface area contributed by atoms with Crippen LogP contribution >= 0.6 is 0 Å². The molecule has 1 unspecified atom stereocenters. The zero-order valence-corrected chi connectivity index (χ0v) is 27.3. The third-order valence-electron chi connectivity index (χ3n) is 9.75. The molecular weight excluding hydrogens is 556 g/mol. The van der Waals surface area contributed by atoms with Gasteiger partial charge in [0.1, 0.15) is 12.0 Å². The Labute approximate surface area is 256 Å². The van der Waals surface area contributed by atoms with E-state index in [1.807, 2.05) is 32.8 Å². The molecule has 1 aliphatic carbocycles. The number of carbonyl (C=O) groups excluding carboxylic acids is 3. The molecule has 0 aromatic carbocycles. The Hall–Kier alpha value is -1.67. The standard InChI is InChI=1S/C31H54N4O8/c1-18-12-30(5,40-8)27(42-29-26(38)23(34(6)7)11-19(2)41-29)20(3)25(37)21(4)28(39)43-31(15-32-13-18)16-35(17-31)24(36)14-33-22-9-10-22/h18-23,26-27,29,32-33,38H,9-17H2,1-8H3/t18-,19-,20+,21?,23+,26-,27-,29+,30-/m1/s1. The molecule has 3 aliphatic heterocycles. The van der Waals surface area contributed by atoms with E-state index in [1.54, 1.807) is 25.9 Å². The molecule has 9 atom stereocenters. The first-order valence-electron chi connectivity index (χ1n) is 15.9. The maximum Gasteiger partial charge on any atom is 0.316 e. The van der Waals surface area contributed by atoms with E-state index in [0.29, 0.717) is 32.0 Å². The highest BCUT2D eigenvalue weighted by atomic mass is 16.7. The quantitative estimate of drug-likeness (QED) is 0.275. The minimum Gasteiger partial charge on any atom is -0.453 e. The van der Waals surface area contributed by atoms with Crippen molar-refractivity contribution in [3.8, 4) is 0 Å². The molecule has 1 saturated carbocycles. The molecule has 0 aromatic rings. The smallest absolute Gasteiger partial charge is 0.316 e. The lowest BCUT2D eigenvalue weighted by Gasteiger charge is -2.49. The van der Waals surface area contributed by atoms with Crippen molar-refractivity contribution < 1.29 is 38.4 Å². The van der Waals surface area contributed by atoms with Gasteiger partial charge in [-0.05, 0) is 73.0 Å². The molecule has 43 heavy (non-hydrogen) atoms. The van der Waals surface area contributed by atoms with Crippen molar-refractivity contribution in [1.82, 2.24) is 20.4 Å². The van der Waals surface area contributed by atoms with E-state index >= 15 is 0 Å². The lowest BCUT2D eigenvalue weighted by molar-refractivity contribution is -0.295. The third-order valence-corrected chi connectivity index (χ3v) is 9.75. The highest BCUT2D eigenvalue weighted by Crippen LogP contribution is 2.37. The number of hydrogen-bond donors (Lipinski definition) is 3. The van der Waals surface area contributed by atoms with Crippen molar-refractivity contribution in [3.05, 3.63) is 0 Å². The summed E-state index contributed by atoms with van der Waals surface area (Å²) in [5, 5.41) is 17.9. The summed E-state index contributed by atoms with van der Waals surface area (Å²) < 4.78 is 24.7. The average molecular weight is 611 g/mol. The van der Waals surface area contributed by atoms with Crippen LogP contribution in [0.5, 0.6) is 0 Å². The van der Waals surface area contributed by atoms with Crippen LogP contribution in [-0.2, 0) is 33.3 Å². The number of likely N-dealkylation sites (tertiary alicyclic amines) is 1. The van der Waals surface area contributed by atoms with Crippen molar-refractivity contribution in [2.75, 3.05) is 53.9 Å². The van der Waals surface area contributed by atoms with E-state index < -0.39 is 47.5 Å². The summed E-state index contributed by atoms with van der Waals surface area (Å²) >= 11 is 0. The first-order valence-corrected chi connectivity index (χ1v) is 15.9. The Morgan fingerprint density at radius 1 is 1.19 bits per heavy atom. The number of amides is 1. The van der Waals surface area contributed by atoms with Gasteiger partial charge >= 0.3 is 5.97 Å². The van der Waals surface area contributed by atoms with Gasteiger partial charge < -0.3 is 44.5 Å². The van der Waals surface area contributed by atoms with Crippen molar-refractivity contribution in [3.63, 3.8) is 0 Å². The fourth-order valence-corrected chi connectivity index (χ4v) is 6.85. The topological polar surface area (TPSA) is 139 Å². The number of aliphatic hydroxyl groups is 1. The molecule has 12 nitrogen and oxygen atoms in total. The number of hydrogen-bond acceptors (Lipinski definition) is 11. The highest BCUT2D eigenvalue weighted by molar-refractivity contribution is 6.00. The van der Waals surface area contributed by atoms with E-state index in [1.165, 1.54) is 0 Å². The molecule has 1 amide bonds. The summed E-state index contributed by atoms with van der Waals surface area (Å²) in [7, 11) is 5.41. The molecule has 3 N–H and O–H groups in total. The van der Waals surface area contributed by atoms with Gasteiger partial charge in [-0.15, -0.1) is 0 Å². The van der Waals surface area contributed by atoms with E-state index in [9.17, 15) is 19.5 Å². The fourth-order valence-electron chi connectivity index (χ4n) is 6.85. The second-order valence-corrected chi connectivity index (χ2v) is 14.0. The van der Waals surface area contributed by atoms with Gasteiger partial charge in [-0.3, -0.25) is 14.4 Å². The SMILES string of the molecule is CO[C@]1(C)C[C@@H](C)CNCC2(CN(C(=O)CNC3CC3)C2)OC(=O)C(C)C(=O)[C@H](C)[C@H]1O[C@@H]1O[C@H](C)C[C@H](N(C)C)[C@H]1O. The molecule has 3 saturated heterocycles. The van der Waals surface area contributed by atoms with Crippen molar-refractivity contribution >= 4 is 17.7 Å². The van der Waals surface area contributed by atoms with E-state index in [4.69, 9.17) is 18.9 Å². The van der Waals surface area contributed by atoms with Crippen LogP contribution in [0.1, 0.15) is 60.3 Å². The molecule has 246 valence electrons. The summed E-state index contributed by atoms with van der Waals surface area (Å²) in [6.07, 6.45) is 0.475. The number of likely N-dealkylation sites (N-methyl/N-ethyl adjacent to an activating group) is 1. The number of carbonyl (C=O) groups is 3. The van der Waals surface area contributed by atoms with Gasteiger partial charge in [-0.1, -0.05) is 13.8 Å². The van der Waals surface area contributed by atoms with Crippen molar-refractivity contribution in [2.45, 2.75) is 108 Å². The van der Waals surface area contributed by atoms with Crippen LogP contribution in [0.4, 0.5) is 0 Å². The molecular formula is C31H54N4O8. The summed E-state index contributed by atoms with van der Waals surface area (Å²) in [5.41, 5.74) is -1.83. The van der Waals surface area contributed by atoms with Crippen LogP contribution in [0, 0.1) is 17.8 Å². The van der Waals surface area contributed by atoms with Gasteiger partial charge in [-0.25, -0.2) is 0 Å². The Morgan fingerprint density at radius 3 is 2.47 bits per heavy atom. The van der Waals surface area contributed by atoms with Crippen LogP contribution in [0.2, 0.25) is 0 Å². The monoisotopic (exact) mass is 610 g/mol. The molecule has 3 heterocycles. The maximum absolute atomic E-state index is 13.9. The molecule has 4 rings (SSSR count). The van der Waals surface area contributed by atoms with Crippen LogP contribution in [0.3, 0.4) is 0 Å². The van der Waals surface area contributed by atoms with Crippen LogP contribution in [0.15, 0.2) is 0 Å². The second-order valence-electron chi connectivity index (χ2n) is 14.0. The fraction of sp³-hybridized carbons (Fsp3) is 0.903. The molecule has 12 heteroatoms. The first kappa shape index (κ1) is 34.2. The lowest BCUT2D eigenvalue weighted by Crippen LogP contribution is -2.70. The average Bonchev–Trinajstić information content (AvgIpc) is 3.76. The van der Waals surface area contributed by atoms with Gasteiger partial charge in [0.15, 0.2) is 17.7 Å². The van der Waals surface area contributed by atoms with E-state index in [-0.39, 0.29) is 49.4 Å². The number of nitrogens with zero attached hydrogens (tertiary/aromatic N) is 2. The van der Waals surface area contributed by atoms with E-state index in [2.05, 4.69) is 17.6 Å². The number of nitrogens with one attached hydrogen (secondary N) is 2. The summed E-state index contributed by atoms with van der Waals surface area (Å²) in [6, 6.07) is 0.241. The number of methoxy groups -OCH3 is 1. The molecule has 0 radical (unpaired) electrons. The van der Waals surface area contributed by atoms with Gasteiger partial charge in [0.05, 0.1) is 37.4 Å². The summed E-state index contributed by atoms with van der Waals surface area (Å²) in [6.45, 7) is 11.0. The van der Waals surface area contributed by atoms with E-state index in [0.717, 1.165) is 12.8 Å². The van der Waals surface area contributed by atoms with Crippen LogP contribution < -0.4 is 10.6 Å².